The lowest BCUT2D eigenvalue weighted by Crippen LogP contribution is -2.48. The zero-order valence-corrected chi connectivity index (χ0v) is 11.5. The maximum absolute atomic E-state index is 11.9. The van der Waals surface area contributed by atoms with Crippen LogP contribution in [0.1, 0.15) is 38.0 Å². The van der Waals surface area contributed by atoms with Gasteiger partial charge in [0, 0.05) is 13.6 Å². The largest absolute Gasteiger partial charge is 0.387 e. The Hall–Kier alpha value is -1.62. The van der Waals surface area contributed by atoms with Crippen molar-refractivity contribution in [2.75, 3.05) is 18.5 Å². The minimum atomic E-state index is -0.565. The van der Waals surface area contributed by atoms with Crippen molar-refractivity contribution >= 4 is 11.6 Å². The molecule has 1 aromatic rings. The third kappa shape index (κ3) is 3.04. The Balaban J connectivity index is 2.19. The summed E-state index contributed by atoms with van der Waals surface area (Å²) in [6.45, 7) is 2.56. The molecule has 1 saturated heterocycles. The monoisotopic (exact) mass is 263 g/mol. The average Bonchev–Trinajstić information content (AvgIpc) is 2.46. The Bertz CT molecular complexity index is 431. The molecule has 2 N–H and O–H groups in total. The average molecular weight is 263 g/mol. The van der Waals surface area contributed by atoms with Gasteiger partial charge in [-0.15, -0.1) is 0 Å². The molecule has 0 radical (unpaired) electrons. The summed E-state index contributed by atoms with van der Waals surface area (Å²) in [4.78, 5) is 18.3. The van der Waals surface area contributed by atoms with Crippen molar-refractivity contribution in [2.45, 2.75) is 38.3 Å². The summed E-state index contributed by atoms with van der Waals surface area (Å²) in [5.41, 5.74) is 1.59. The molecule has 2 atom stereocenters. The first-order chi connectivity index (χ1) is 9.13. The van der Waals surface area contributed by atoms with Gasteiger partial charge in [-0.25, -0.2) is 0 Å². The number of aromatic nitrogens is 1. The number of anilines is 1. The molecular formula is C14H21N3O2. The number of hydrogen-bond donors (Lipinski definition) is 2. The minimum Gasteiger partial charge on any atom is -0.387 e. The molecule has 104 valence electrons. The number of carbonyl (C=O) groups excluding carboxylic acids is 1. The molecule has 0 saturated carbocycles. The highest BCUT2D eigenvalue weighted by atomic mass is 16.3. The van der Waals surface area contributed by atoms with Gasteiger partial charge in [-0.05, 0) is 38.3 Å². The highest BCUT2D eigenvalue weighted by Crippen LogP contribution is 2.25. The van der Waals surface area contributed by atoms with E-state index in [0.717, 1.165) is 31.5 Å². The van der Waals surface area contributed by atoms with Gasteiger partial charge < -0.3 is 15.3 Å². The zero-order valence-electron chi connectivity index (χ0n) is 11.5. The van der Waals surface area contributed by atoms with Crippen molar-refractivity contribution in [3.63, 3.8) is 0 Å². The number of nitrogens with zero attached hydrogens (tertiary/aromatic N) is 2. The molecule has 1 aliphatic heterocycles. The molecule has 0 bridgehead atoms. The first-order valence-electron chi connectivity index (χ1n) is 6.75. The Labute approximate surface area is 113 Å². The molecule has 1 unspecified atom stereocenters. The van der Waals surface area contributed by atoms with Crippen molar-refractivity contribution in [1.82, 2.24) is 10.3 Å². The number of rotatable bonds is 3. The van der Waals surface area contributed by atoms with Crippen molar-refractivity contribution < 1.29 is 9.90 Å². The second-order valence-corrected chi connectivity index (χ2v) is 4.94. The third-order valence-corrected chi connectivity index (χ3v) is 3.58. The number of hydrogen-bond acceptors (Lipinski definition) is 4. The molecule has 19 heavy (non-hydrogen) atoms. The number of pyridine rings is 1. The number of nitrogens with one attached hydrogen (secondary N) is 1. The molecule has 5 heteroatoms. The SMILES string of the molecule is CNC(=O)C1CCCCN1c1ccc([C@@H](C)O)nc1. The molecular weight excluding hydrogens is 242 g/mol. The Morgan fingerprint density at radius 1 is 1.53 bits per heavy atom. The van der Waals surface area contributed by atoms with E-state index in [0.29, 0.717) is 5.69 Å². The van der Waals surface area contributed by atoms with E-state index in [1.807, 2.05) is 12.1 Å². The van der Waals surface area contributed by atoms with Crippen LogP contribution in [-0.2, 0) is 4.79 Å². The van der Waals surface area contributed by atoms with Crippen LogP contribution in [0.3, 0.4) is 0 Å². The van der Waals surface area contributed by atoms with Gasteiger partial charge in [0.2, 0.25) is 5.91 Å². The molecule has 0 spiro atoms. The van der Waals surface area contributed by atoms with E-state index < -0.39 is 6.10 Å². The fourth-order valence-corrected chi connectivity index (χ4v) is 2.49. The van der Waals surface area contributed by atoms with Gasteiger partial charge in [-0.1, -0.05) is 0 Å². The molecule has 5 nitrogen and oxygen atoms in total. The van der Waals surface area contributed by atoms with Crippen LogP contribution in [0.5, 0.6) is 0 Å². The normalized spacial score (nSPS) is 21.0. The summed E-state index contributed by atoms with van der Waals surface area (Å²) >= 11 is 0. The van der Waals surface area contributed by atoms with E-state index in [2.05, 4.69) is 15.2 Å². The van der Waals surface area contributed by atoms with Gasteiger partial charge in [-0.2, -0.15) is 0 Å². The Morgan fingerprint density at radius 2 is 2.32 bits per heavy atom. The van der Waals surface area contributed by atoms with Gasteiger partial charge >= 0.3 is 0 Å². The lowest BCUT2D eigenvalue weighted by molar-refractivity contribution is -0.122. The second-order valence-electron chi connectivity index (χ2n) is 4.94. The molecule has 2 heterocycles. The van der Waals surface area contributed by atoms with Gasteiger partial charge in [0.05, 0.1) is 23.7 Å². The number of aliphatic hydroxyl groups is 1. The lowest BCUT2D eigenvalue weighted by atomic mass is 10.0. The lowest BCUT2D eigenvalue weighted by Gasteiger charge is -2.36. The van der Waals surface area contributed by atoms with Crippen LogP contribution in [-0.4, -0.2) is 35.6 Å². The van der Waals surface area contributed by atoms with Gasteiger partial charge in [-0.3, -0.25) is 9.78 Å². The van der Waals surface area contributed by atoms with Crippen LogP contribution < -0.4 is 10.2 Å². The predicted octanol–water partition coefficient (Wildman–Crippen LogP) is 1.24. The molecule has 1 amide bonds. The predicted molar refractivity (Wildman–Crippen MR) is 73.9 cm³/mol. The first-order valence-corrected chi connectivity index (χ1v) is 6.75. The zero-order chi connectivity index (χ0) is 13.8. The molecule has 2 rings (SSSR count). The number of piperidine rings is 1. The fourth-order valence-electron chi connectivity index (χ4n) is 2.49. The van der Waals surface area contributed by atoms with Crippen LogP contribution in [0.25, 0.3) is 0 Å². The van der Waals surface area contributed by atoms with Gasteiger partial charge in [0.15, 0.2) is 0 Å². The van der Waals surface area contributed by atoms with Crippen LogP contribution in [0, 0.1) is 0 Å². The van der Waals surface area contributed by atoms with E-state index in [4.69, 9.17) is 0 Å². The Morgan fingerprint density at radius 3 is 2.89 bits per heavy atom. The van der Waals surface area contributed by atoms with E-state index in [1.165, 1.54) is 0 Å². The summed E-state index contributed by atoms with van der Waals surface area (Å²) in [6, 6.07) is 3.63. The molecule has 1 fully saturated rings. The summed E-state index contributed by atoms with van der Waals surface area (Å²) < 4.78 is 0. The van der Waals surface area contributed by atoms with E-state index in [1.54, 1.807) is 20.2 Å². The highest BCUT2D eigenvalue weighted by Gasteiger charge is 2.28. The molecule has 1 aromatic heterocycles. The summed E-state index contributed by atoms with van der Waals surface area (Å²) in [6.07, 6.45) is 4.21. The van der Waals surface area contributed by atoms with Gasteiger partial charge in [0.25, 0.3) is 0 Å². The van der Waals surface area contributed by atoms with Crippen molar-refractivity contribution in [3.05, 3.63) is 24.0 Å². The molecule has 0 aliphatic carbocycles. The van der Waals surface area contributed by atoms with Crippen LogP contribution in [0.15, 0.2) is 18.3 Å². The minimum absolute atomic E-state index is 0.0549. The molecule has 0 aromatic carbocycles. The quantitative estimate of drug-likeness (QED) is 0.861. The maximum Gasteiger partial charge on any atom is 0.242 e. The molecule has 1 aliphatic rings. The van der Waals surface area contributed by atoms with E-state index >= 15 is 0 Å². The van der Waals surface area contributed by atoms with Crippen LogP contribution in [0.4, 0.5) is 5.69 Å². The standard InChI is InChI=1S/C14H21N3O2/c1-10(18)12-7-6-11(9-16-12)17-8-4-3-5-13(17)14(19)15-2/h6-7,9-10,13,18H,3-5,8H2,1-2H3,(H,15,19)/t10-,13?/m1/s1. The topological polar surface area (TPSA) is 65.5 Å². The number of amides is 1. The number of likely N-dealkylation sites (N-methyl/N-ethyl adjacent to an activating group) is 1. The summed E-state index contributed by atoms with van der Waals surface area (Å²) in [5.74, 6) is 0.0549. The number of carbonyl (C=O) groups is 1. The fraction of sp³-hybridized carbons (Fsp3) is 0.571. The second kappa shape index (κ2) is 6.02. The smallest absolute Gasteiger partial charge is 0.242 e. The summed E-state index contributed by atoms with van der Waals surface area (Å²) in [7, 11) is 1.67. The van der Waals surface area contributed by atoms with Crippen molar-refractivity contribution in [2.24, 2.45) is 0 Å². The van der Waals surface area contributed by atoms with E-state index in [-0.39, 0.29) is 11.9 Å². The first kappa shape index (κ1) is 13.8. The Kier molecular flexibility index (Phi) is 4.37. The number of aliphatic hydroxyl groups excluding tert-OH is 1. The van der Waals surface area contributed by atoms with Crippen molar-refractivity contribution in [1.29, 1.82) is 0 Å². The summed E-state index contributed by atoms with van der Waals surface area (Å²) in [5, 5.41) is 12.2. The maximum atomic E-state index is 11.9. The third-order valence-electron chi connectivity index (χ3n) is 3.58. The van der Waals surface area contributed by atoms with Gasteiger partial charge in [0.1, 0.15) is 6.04 Å². The van der Waals surface area contributed by atoms with Crippen molar-refractivity contribution in [3.8, 4) is 0 Å². The van der Waals surface area contributed by atoms with Crippen LogP contribution in [0.2, 0.25) is 0 Å². The van der Waals surface area contributed by atoms with E-state index in [9.17, 15) is 9.90 Å². The van der Waals surface area contributed by atoms with Crippen LogP contribution >= 0.6 is 0 Å². The highest BCUT2D eigenvalue weighted by molar-refractivity contribution is 5.85.